The number of hydrogen-bond donors (Lipinski definition) is 1. The highest BCUT2D eigenvalue weighted by Crippen LogP contribution is 2.32. The number of nitrogens with one attached hydrogen (secondary N) is 1. The van der Waals surface area contributed by atoms with Gasteiger partial charge in [0.2, 0.25) is 0 Å². The summed E-state index contributed by atoms with van der Waals surface area (Å²) >= 11 is 7.92. The molecule has 0 bridgehead atoms. The third-order valence-electron chi connectivity index (χ3n) is 2.39. The zero-order valence-electron chi connectivity index (χ0n) is 10.2. The molecule has 1 aromatic heterocycles. The van der Waals surface area contributed by atoms with Gasteiger partial charge in [-0.25, -0.2) is 8.42 Å². The molecule has 0 saturated heterocycles. The second-order valence-corrected chi connectivity index (χ2v) is 9.23. The van der Waals surface area contributed by atoms with Crippen molar-refractivity contribution in [2.75, 3.05) is 11.6 Å². The highest BCUT2D eigenvalue weighted by molar-refractivity contribution is 9.13. The average molecular weight is 439 g/mol. The van der Waals surface area contributed by atoms with E-state index in [1.165, 1.54) is 23.5 Å². The van der Waals surface area contributed by atoms with Crippen molar-refractivity contribution in [3.8, 4) is 0 Å². The van der Waals surface area contributed by atoms with Crippen molar-refractivity contribution in [2.24, 2.45) is 0 Å². The molecule has 0 atom stereocenters. The number of rotatable bonds is 3. The lowest BCUT2D eigenvalue weighted by Gasteiger charge is -2.05. The Hall–Kier alpha value is -0.700. The van der Waals surface area contributed by atoms with E-state index in [1.54, 1.807) is 18.2 Å². The van der Waals surface area contributed by atoms with Crippen molar-refractivity contribution in [3.05, 3.63) is 43.5 Å². The number of carbonyl (C=O) groups excluding carboxylic acids is 1. The molecule has 0 unspecified atom stereocenters. The SMILES string of the molecule is CS(=O)(=O)c1cccc(NC(=O)c2cc(Br)c(Br)s2)c1. The maximum Gasteiger partial charge on any atom is 0.265 e. The fraction of sp³-hybridized carbons (Fsp3) is 0.0833. The Kier molecular flexibility index (Phi) is 4.68. The van der Waals surface area contributed by atoms with Crippen LogP contribution in [0.4, 0.5) is 5.69 Å². The molecule has 1 heterocycles. The van der Waals surface area contributed by atoms with Gasteiger partial charge in [-0.3, -0.25) is 4.79 Å². The van der Waals surface area contributed by atoms with Crippen LogP contribution in [0.15, 0.2) is 43.5 Å². The molecule has 0 aliphatic carbocycles. The van der Waals surface area contributed by atoms with Gasteiger partial charge in [-0.05, 0) is 56.1 Å². The molecule has 0 spiro atoms. The van der Waals surface area contributed by atoms with Crippen molar-refractivity contribution in [2.45, 2.75) is 4.90 Å². The van der Waals surface area contributed by atoms with E-state index >= 15 is 0 Å². The number of thiophene rings is 1. The van der Waals surface area contributed by atoms with Gasteiger partial charge in [0.1, 0.15) is 0 Å². The van der Waals surface area contributed by atoms with E-state index in [1.807, 2.05) is 0 Å². The fourth-order valence-electron chi connectivity index (χ4n) is 1.46. The second-order valence-electron chi connectivity index (χ2n) is 3.99. The molecule has 1 N–H and O–H groups in total. The molecule has 0 fully saturated rings. The number of halogens is 2. The van der Waals surface area contributed by atoms with Crippen LogP contribution in [0.1, 0.15) is 9.67 Å². The first-order chi connectivity index (χ1) is 9.27. The van der Waals surface area contributed by atoms with Crippen LogP contribution in [0.25, 0.3) is 0 Å². The average Bonchev–Trinajstić information content (AvgIpc) is 2.69. The second kappa shape index (κ2) is 5.97. The zero-order valence-corrected chi connectivity index (χ0v) is 15.0. The quantitative estimate of drug-likeness (QED) is 0.789. The summed E-state index contributed by atoms with van der Waals surface area (Å²) in [5.74, 6) is -0.285. The smallest absolute Gasteiger partial charge is 0.265 e. The normalized spacial score (nSPS) is 11.3. The van der Waals surface area contributed by atoms with Crippen LogP contribution in [0.2, 0.25) is 0 Å². The highest BCUT2D eigenvalue weighted by atomic mass is 79.9. The number of carbonyl (C=O) groups is 1. The molecular formula is C12H9Br2NO3S2. The standard InChI is InChI=1S/C12H9Br2NO3S2/c1-20(17,18)8-4-2-3-7(5-8)15-12(16)10-6-9(13)11(14)19-10/h2-6H,1H3,(H,15,16). The molecule has 2 rings (SSSR count). The van der Waals surface area contributed by atoms with E-state index in [-0.39, 0.29) is 10.8 Å². The Morgan fingerprint density at radius 2 is 1.95 bits per heavy atom. The summed E-state index contributed by atoms with van der Waals surface area (Å²) < 4.78 is 24.6. The minimum Gasteiger partial charge on any atom is -0.321 e. The lowest BCUT2D eigenvalue weighted by atomic mass is 10.3. The van der Waals surface area contributed by atoms with E-state index in [0.29, 0.717) is 10.6 Å². The van der Waals surface area contributed by atoms with Gasteiger partial charge in [0.15, 0.2) is 9.84 Å². The van der Waals surface area contributed by atoms with Gasteiger partial charge >= 0.3 is 0 Å². The predicted molar refractivity (Wildman–Crippen MR) is 87.2 cm³/mol. The van der Waals surface area contributed by atoms with Gasteiger partial charge in [-0.15, -0.1) is 11.3 Å². The molecule has 106 valence electrons. The van der Waals surface area contributed by atoms with E-state index in [2.05, 4.69) is 37.2 Å². The van der Waals surface area contributed by atoms with Gasteiger partial charge in [0.05, 0.1) is 13.6 Å². The van der Waals surface area contributed by atoms with E-state index < -0.39 is 9.84 Å². The molecule has 1 amide bonds. The Morgan fingerprint density at radius 3 is 2.50 bits per heavy atom. The summed E-state index contributed by atoms with van der Waals surface area (Å²) in [6, 6.07) is 7.86. The maximum atomic E-state index is 12.0. The van der Waals surface area contributed by atoms with Crippen molar-refractivity contribution in [3.63, 3.8) is 0 Å². The van der Waals surface area contributed by atoms with Crippen molar-refractivity contribution < 1.29 is 13.2 Å². The molecule has 20 heavy (non-hydrogen) atoms. The number of anilines is 1. The molecule has 1 aromatic carbocycles. The van der Waals surface area contributed by atoms with Gasteiger partial charge in [0.25, 0.3) is 5.91 Å². The Bertz CT molecular complexity index is 749. The lowest BCUT2D eigenvalue weighted by Crippen LogP contribution is -2.10. The highest BCUT2D eigenvalue weighted by Gasteiger charge is 2.13. The maximum absolute atomic E-state index is 12.0. The van der Waals surface area contributed by atoms with Gasteiger partial charge in [0, 0.05) is 16.4 Å². The van der Waals surface area contributed by atoms with Gasteiger partial charge < -0.3 is 5.32 Å². The van der Waals surface area contributed by atoms with Crippen LogP contribution in [-0.4, -0.2) is 20.6 Å². The predicted octanol–water partition coefficient (Wildman–Crippen LogP) is 3.93. The molecular weight excluding hydrogens is 430 g/mol. The summed E-state index contributed by atoms with van der Waals surface area (Å²) in [5, 5.41) is 2.68. The van der Waals surface area contributed by atoms with Crippen LogP contribution >= 0.6 is 43.2 Å². The summed E-state index contributed by atoms with van der Waals surface area (Å²) in [5.41, 5.74) is 0.443. The molecule has 4 nitrogen and oxygen atoms in total. The topological polar surface area (TPSA) is 63.2 Å². The Morgan fingerprint density at radius 1 is 1.25 bits per heavy atom. The van der Waals surface area contributed by atoms with E-state index in [0.717, 1.165) is 14.5 Å². The minimum absolute atomic E-state index is 0.170. The van der Waals surface area contributed by atoms with Gasteiger partial charge in [-0.2, -0.15) is 0 Å². The van der Waals surface area contributed by atoms with Crippen LogP contribution in [0, 0.1) is 0 Å². The summed E-state index contributed by atoms with van der Waals surface area (Å²) in [7, 11) is -3.29. The number of sulfone groups is 1. The molecule has 0 aliphatic heterocycles. The summed E-state index contributed by atoms with van der Waals surface area (Å²) in [6.07, 6.45) is 1.13. The van der Waals surface area contributed by atoms with Crippen molar-refractivity contribution >= 4 is 64.6 Å². The van der Waals surface area contributed by atoms with Crippen LogP contribution in [0.3, 0.4) is 0 Å². The first-order valence-corrected chi connectivity index (χ1v) is 9.63. The molecule has 2 aromatic rings. The van der Waals surface area contributed by atoms with E-state index in [9.17, 15) is 13.2 Å². The van der Waals surface area contributed by atoms with Crippen LogP contribution in [-0.2, 0) is 9.84 Å². The largest absolute Gasteiger partial charge is 0.321 e. The molecule has 8 heteroatoms. The van der Waals surface area contributed by atoms with Gasteiger partial charge in [-0.1, -0.05) is 6.07 Å². The lowest BCUT2D eigenvalue weighted by molar-refractivity contribution is 0.103. The number of hydrogen-bond acceptors (Lipinski definition) is 4. The van der Waals surface area contributed by atoms with Crippen molar-refractivity contribution in [1.82, 2.24) is 0 Å². The molecule has 0 aliphatic rings. The third kappa shape index (κ3) is 3.69. The first-order valence-electron chi connectivity index (χ1n) is 5.33. The fourth-order valence-corrected chi connectivity index (χ4v) is 4.05. The summed E-state index contributed by atoms with van der Waals surface area (Å²) in [4.78, 5) is 12.7. The van der Waals surface area contributed by atoms with Crippen LogP contribution in [0.5, 0.6) is 0 Å². The third-order valence-corrected chi connectivity index (χ3v) is 6.75. The zero-order chi connectivity index (χ0) is 14.9. The monoisotopic (exact) mass is 437 g/mol. The molecule has 0 saturated carbocycles. The number of benzene rings is 1. The molecule has 0 radical (unpaired) electrons. The van der Waals surface area contributed by atoms with Crippen LogP contribution < -0.4 is 5.32 Å². The summed E-state index contributed by atoms with van der Waals surface area (Å²) in [6.45, 7) is 0. The number of amides is 1. The van der Waals surface area contributed by atoms with Crippen molar-refractivity contribution in [1.29, 1.82) is 0 Å². The first kappa shape index (κ1) is 15.7. The Labute approximate surface area is 137 Å². The Balaban J connectivity index is 2.24. The van der Waals surface area contributed by atoms with E-state index in [4.69, 9.17) is 0 Å². The minimum atomic E-state index is -3.29.